The lowest BCUT2D eigenvalue weighted by Gasteiger charge is -2.56. The number of ether oxygens (including phenoxy) is 1. The molecule has 1 saturated carbocycles. The third kappa shape index (κ3) is 2.86. The fraction of sp³-hybridized carbons (Fsp3) is 0.588. The van der Waals surface area contributed by atoms with E-state index in [0.717, 1.165) is 0 Å². The molecule has 2 fully saturated rings. The number of aliphatic hydroxyl groups is 1. The van der Waals surface area contributed by atoms with Gasteiger partial charge in [-0.3, -0.25) is 4.79 Å². The Morgan fingerprint density at radius 1 is 1.48 bits per heavy atom. The van der Waals surface area contributed by atoms with Crippen LogP contribution in [0.3, 0.4) is 0 Å². The first-order chi connectivity index (χ1) is 11.0. The summed E-state index contributed by atoms with van der Waals surface area (Å²) in [5.41, 5.74) is 0.0799. The molecule has 1 amide bonds. The molecule has 3 rings (SSSR count). The molecule has 1 aromatic rings. The molecule has 2 aliphatic rings. The van der Waals surface area contributed by atoms with Crippen LogP contribution in [-0.4, -0.2) is 47.8 Å². The zero-order valence-corrected chi connectivity index (χ0v) is 13.9. The molecule has 23 heavy (non-hydrogen) atoms. The SMILES string of the molecule is CCOC1CC(O)C12CCN(C(=O)c1ccc(Cl)c(F)c1)CC2. The lowest BCUT2D eigenvalue weighted by Crippen LogP contribution is -2.62. The fourth-order valence-corrected chi connectivity index (χ4v) is 3.87. The minimum Gasteiger partial charge on any atom is -0.392 e. The van der Waals surface area contributed by atoms with Crippen molar-refractivity contribution in [3.8, 4) is 0 Å². The van der Waals surface area contributed by atoms with E-state index in [9.17, 15) is 14.3 Å². The summed E-state index contributed by atoms with van der Waals surface area (Å²) >= 11 is 5.66. The standard InChI is InChI=1S/C17H21ClFNO3/c1-2-23-15-10-14(21)17(15)5-7-20(8-6-17)16(22)11-3-4-12(18)13(19)9-11/h3-4,9,14-15,21H,2,5-8,10H2,1H3. The van der Waals surface area contributed by atoms with Gasteiger partial charge in [-0.25, -0.2) is 4.39 Å². The zero-order chi connectivity index (χ0) is 16.6. The maximum Gasteiger partial charge on any atom is 0.253 e. The molecule has 4 nitrogen and oxygen atoms in total. The normalized spacial score (nSPS) is 26.2. The molecule has 6 heteroatoms. The number of carbonyl (C=O) groups excluding carboxylic acids is 1. The van der Waals surface area contributed by atoms with E-state index < -0.39 is 5.82 Å². The Hall–Kier alpha value is -1.17. The molecule has 1 aromatic carbocycles. The van der Waals surface area contributed by atoms with Crippen molar-refractivity contribution in [2.24, 2.45) is 5.41 Å². The number of nitrogens with zero attached hydrogens (tertiary/aromatic N) is 1. The number of hydrogen-bond donors (Lipinski definition) is 1. The van der Waals surface area contributed by atoms with Crippen LogP contribution in [0.5, 0.6) is 0 Å². The van der Waals surface area contributed by atoms with E-state index in [1.54, 1.807) is 11.0 Å². The molecule has 0 aromatic heterocycles. The number of hydrogen-bond acceptors (Lipinski definition) is 3. The molecule has 2 unspecified atom stereocenters. The molecule has 1 aliphatic heterocycles. The van der Waals surface area contributed by atoms with Gasteiger partial charge in [-0.1, -0.05) is 11.6 Å². The van der Waals surface area contributed by atoms with E-state index in [1.807, 2.05) is 6.92 Å². The van der Waals surface area contributed by atoms with Crippen molar-refractivity contribution >= 4 is 17.5 Å². The summed E-state index contributed by atoms with van der Waals surface area (Å²) in [7, 11) is 0. The summed E-state index contributed by atoms with van der Waals surface area (Å²) in [5.74, 6) is -0.783. The molecular formula is C17H21ClFNO3. The Bertz CT molecular complexity index is 600. The number of halogens is 2. The summed E-state index contributed by atoms with van der Waals surface area (Å²) < 4.78 is 19.3. The third-order valence-corrected chi connectivity index (χ3v) is 5.56. The Kier molecular flexibility index (Phi) is 4.63. The van der Waals surface area contributed by atoms with Crippen molar-refractivity contribution in [2.75, 3.05) is 19.7 Å². The van der Waals surface area contributed by atoms with Gasteiger partial charge in [-0.15, -0.1) is 0 Å². The van der Waals surface area contributed by atoms with Gasteiger partial charge < -0.3 is 14.7 Å². The number of aliphatic hydroxyl groups excluding tert-OH is 1. The van der Waals surface area contributed by atoms with Gasteiger partial charge >= 0.3 is 0 Å². The lowest BCUT2D eigenvalue weighted by atomic mass is 9.58. The predicted molar refractivity (Wildman–Crippen MR) is 85.0 cm³/mol. The van der Waals surface area contributed by atoms with E-state index in [1.165, 1.54) is 12.1 Å². The van der Waals surface area contributed by atoms with Crippen molar-refractivity contribution in [3.63, 3.8) is 0 Å². The highest BCUT2D eigenvalue weighted by atomic mass is 35.5. The van der Waals surface area contributed by atoms with E-state index in [-0.39, 0.29) is 28.6 Å². The summed E-state index contributed by atoms with van der Waals surface area (Å²) in [6.45, 7) is 3.67. The second-order valence-electron chi connectivity index (χ2n) is 6.35. The molecular weight excluding hydrogens is 321 g/mol. The van der Waals surface area contributed by atoms with E-state index >= 15 is 0 Å². The average molecular weight is 342 g/mol. The molecule has 0 radical (unpaired) electrons. The first kappa shape index (κ1) is 16.7. The van der Waals surface area contributed by atoms with Gasteiger partial charge in [0.05, 0.1) is 17.2 Å². The van der Waals surface area contributed by atoms with Crippen LogP contribution < -0.4 is 0 Å². The first-order valence-electron chi connectivity index (χ1n) is 8.02. The van der Waals surface area contributed by atoms with Gasteiger partial charge in [-0.05, 0) is 38.0 Å². The number of likely N-dealkylation sites (tertiary alicyclic amines) is 1. The molecule has 1 spiro atoms. The molecule has 1 heterocycles. The summed E-state index contributed by atoms with van der Waals surface area (Å²) in [5, 5.41) is 10.2. The summed E-state index contributed by atoms with van der Waals surface area (Å²) in [6.07, 6.45) is 1.81. The lowest BCUT2D eigenvalue weighted by molar-refractivity contribution is -0.207. The summed E-state index contributed by atoms with van der Waals surface area (Å²) in [4.78, 5) is 14.2. The van der Waals surface area contributed by atoms with Gasteiger partial charge in [0.1, 0.15) is 5.82 Å². The molecule has 1 saturated heterocycles. The second kappa shape index (κ2) is 6.38. The van der Waals surface area contributed by atoms with Crippen LogP contribution in [-0.2, 0) is 4.74 Å². The number of benzene rings is 1. The van der Waals surface area contributed by atoms with Gasteiger partial charge in [-0.2, -0.15) is 0 Å². The van der Waals surface area contributed by atoms with Crippen molar-refractivity contribution in [3.05, 3.63) is 34.6 Å². The average Bonchev–Trinajstić information content (AvgIpc) is 2.57. The van der Waals surface area contributed by atoms with Crippen LogP contribution in [0.2, 0.25) is 5.02 Å². The zero-order valence-electron chi connectivity index (χ0n) is 13.1. The monoisotopic (exact) mass is 341 g/mol. The van der Waals surface area contributed by atoms with E-state index in [4.69, 9.17) is 16.3 Å². The minimum absolute atomic E-state index is 0.0105. The van der Waals surface area contributed by atoms with Crippen LogP contribution in [0.25, 0.3) is 0 Å². The van der Waals surface area contributed by atoms with Crippen LogP contribution >= 0.6 is 11.6 Å². The number of piperidine rings is 1. The van der Waals surface area contributed by atoms with Crippen molar-refractivity contribution in [1.82, 2.24) is 4.90 Å². The highest BCUT2D eigenvalue weighted by Gasteiger charge is 2.56. The van der Waals surface area contributed by atoms with E-state index in [0.29, 0.717) is 44.5 Å². The Labute approximate surface area is 140 Å². The maximum atomic E-state index is 13.5. The fourth-order valence-electron chi connectivity index (χ4n) is 3.75. The first-order valence-corrected chi connectivity index (χ1v) is 8.39. The number of carbonyl (C=O) groups is 1. The topological polar surface area (TPSA) is 49.8 Å². The molecule has 1 aliphatic carbocycles. The molecule has 0 bridgehead atoms. The van der Waals surface area contributed by atoms with Crippen molar-refractivity contribution in [1.29, 1.82) is 0 Å². The highest BCUT2D eigenvalue weighted by molar-refractivity contribution is 6.30. The van der Waals surface area contributed by atoms with Gasteiger partial charge in [0.15, 0.2) is 0 Å². The second-order valence-corrected chi connectivity index (χ2v) is 6.76. The van der Waals surface area contributed by atoms with Crippen LogP contribution in [0.15, 0.2) is 18.2 Å². The predicted octanol–water partition coefficient (Wildman–Crippen LogP) is 2.87. The van der Waals surface area contributed by atoms with Gasteiger partial charge in [0.25, 0.3) is 5.91 Å². The number of rotatable bonds is 3. The van der Waals surface area contributed by atoms with Crippen molar-refractivity contribution in [2.45, 2.75) is 38.4 Å². The van der Waals surface area contributed by atoms with Crippen LogP contribution in [0, 0.1) is 11.2 Å². The number of amides is 1. The Balaban J connectivity index is 1.66. The quantitative estimate of drug-likeness (QED) is 0.919. The van der Waals surface area contributed by atoms with E-state index in [2.05, 4.69) is 0 Å². The molecule has 2 atom stereocenters. The summed E-state index contributed by atoms with van der Waals surface area (Å²) in [6, 6.07) is 4.12. The van der Waals surface area contributed by atoms with Crippen LogP contribution in [0.1, 0.15) is 36.5 Å². The van der Waals surface area contributed by atoms with Crippen molar-refractivity contribution < 1.29 is 19.0 Å². The minimum atomic E-state index is -0.586. The van der Waals surface area contributed by atoms with Gasteiger partial charge in [0.2, 0.25) is 0 Å². The van der Waals surface area contributed by atoms with Gasteiger partial charge in [0, 0.05) is 37.1 Å². The highest BCUT2D eigenvalue weighted by Crippen LogP contribution is 2.51. The molecule has 1 N–H and O–H groups in total. The third-order valence-electron chi connectivity index (χ3n) is 5.26. The molecule has 126 valence electrons. The van der Waals surface area contributed by atoms with Crippen LogP contribution in [0.4, 0.5) is 4.39 Å². The smallest absolute Gasteiger partial charge is 0.253 e. The Morgan fingerprint density at radius 2 is 2.17 bits per heavy atom. The largest absolute Gasteiger partial charge is 0.392 e. The maximum absolute atomic E-state index is 13.5. The Morgan fingerprint density at radius 3 is 2.74 bits per heavy atom.